The molecule has 0 spiro atoms. The molecule has 1 aromatic heterocycles. The maximum atomic E-state index is 13.0. The quantitative estimate of drug-likeness (QED) is 0.339. The minimum absolute atomic E-state index is 0.105. The number of nitrogens with zero attached hydrogens (tertiary/aromatic N) is 2. The van der Waals surface area contributed by atoms with Crippen molar-refractivity contribution in [3.8, 4) is 11.5 Å². The highest BCUT2D eigenvalue weighted by molar-refractivity contribution is 5.97. The Kier molecular flexibility index (Phi) is 9.56. The Balaban J connectivity index is 1.46. The van der Waals surface area contributed by atoms with Crippen molar-refractivity contribution >= 4 is 23.7 Å². The molecule has 0 atom stereocenters. The van der Waals surface area contributed by atoms with Crippen LogP contribution in [-0.4, -0.2) is 42.0 Å². The van der Waals surface area contributed by atoms with Crippen molar-refractivity contribution in [3.05, 3.63) is 88.1 Å². The summed E-state index contributed by atoms with van der Waals surface area (Å²) >= 11 is 0. The van der Waals surface area contributed by atoms with E-state index >= 15 is 0 Å². The normalized spacial score (nSPS) is 13.8. The van der Waals surface area contributed by atoms with Gasteiger partial charge in [0.15, 0.2) is 0 Å². The number of para-hydroxylation sites is 1. The molecule has 2 aromatic carbocycles. The number of methoxy groups -OCH3 is 1. The number of pyridine rings is 1. The molecule has 0 aliphatic carbocycles. The number of carbonyl (C=O) groups is 2. The molecule has 0 saturated carbocycles. The minimum atomic E-state index is -0.165. The van der Waals surface area contributed by atoms with Crippen molar-refractivity contribution in [2.75, 3.05) is 25.6 Å². The number of amides is 2. The Morgan fingerprint density at radius 3 is 2.65 bits per heavy atom. The van der Waals surface area contributed by atoms with Gasteiger partial charge in [0, 0.05) is 42.5 Å². The average molecular weight is 543 g/mol. The summed E-state index contributed by atoms with van der Waals surface area (Å²) in [5.74, 6) is 2.24. The van der Waals surface area contributed by atoms with E-state index in [4.69, 9.17) is 9.47 Å². The van der Waals surface area contributed by atoms with Crippen molar-refractivity contribution in [3.63, 3.8) is 0 Å². The maximum absolute atomic E-state index is 13.0. The van der Waals surface area contributed by atoms with Gasteiger partial charge < -0.3 is 20.1 Å². The second kappa shape index (κ2) is 13.3. The van der Waals surface area contributed by atoms with Gasteiger partial charge in [-0.15, -0.1) is 0 Å². The largest absolute Gasteiger partial charge is 0.497 e. The Labute approximate surface area is 236 Å². The number of hydrogen-bond donors (Lipinski definition) is 2. The molecular formula is C32H38N4O4. The standard InChI is InChI=1S/C32H38N4O4/c1-6-40-30-25(8-7-9-28(30)21(2)3)17-34-32(38)22(4)14-24-15-26-19-36(20-29(37)35-31(26)33-16-24)18-23-10-12-27(39-5)13-11-23/h7-16,21H,6,17-20H2,1-5H3,(H,34,38)(H,33,35,37). The molecule has 3 aromatic rings. The van der Waals surface area contributed by atoms with Crippen molar-refractivity contribution in [2.24, 2.45) is 0 Å². The predicted octanol–water partition coefficient (Wildman–Crippen LogP) is 5.29. The summed E-state index contributed by atoms with van der Waals surface area (Å²) in [5, 5.41) is 5.93. The lowest BCUT2D eigenvalue weighted by molar-refractivity contribution is -0.118. The van der Waals surface area contributed by atoms with Crippen LogP contribution in [0, 0.1) is 0 Å². The molecule has 0 fully saturated rings. The van der Waals surface area contributed by atoms with Crippen LogP contribution in [0.2, 0.25) is 0 Å². The monoisotopic (exact) mass is 542 g/mol. The summed E-state index contributed by atoms with van der Waals surface area (Å²) in [7, 11) is 1.64. The zero-order valence-electron chi connectivity index (χ0n) is 23.9. The van der Waals surface area contributed by atoms with E-state index in [1.54, 1.807) is 20.2 Å². The van der Waals surface area contributed by atoms with Gasteiger partial charge in [-0.1, -0.05) is 44.2 Å². The maximum Gasteiger partial charge on any atom is 0.247 e. The molecule has 0 bridgehead atoms. The summed E-state index contributed by atoms with van der Waals surface area (Å²) < 4.78 is 11.2. The highest BCUT2D eigenvalue weighted by Crippen LogP contribution is 2.30. The van der Waals surface area contributed by atoms with Crippen molar-refractivity contribution in [2.45, 2.75) is 53.2 Å². The molecule has 0 unspecified atom stereocenters. The Morgan fingerprint density at radius 2 is 1.95 bits per heavy atom. The van der Waals surface area contributed by atoms with Crippen LogP contribution in [0.4, 0.5) is 5.82 Å². The summed E-state index contributed by atoms with van der Waals surface area (Å²) in [6, 6.07) is 15.9. The first-order valence-corrected chi connectivity index (χ1v) is 13.6. The zero-order chi connectivity index (χ0) is 28.6. The first-order chi connectivity index (χ1) is 19.3. The molecule has 8 heteroatoms. The molecule has 0 radical (unpaired) electrons. The Hall–Kier alpha value is -4.17. The highest BCUT2D eigenvalue weighted by Gasteiger charge is 2.21. The van der Waals surface area contributed by atoms with Crippen LogP contribution in [0.25, 0.3) is 6.08 Å². The van der Waals surface area contributed by atoms with E-state index in [-0.39, 0.29) is 18.4 Å². The Bertz CT molecular complexity index is 1380. The van der Waals surface area contributed by atoms with Gasteiger partial charge in [-0.2, -0.15) is 0 Å². The summed E-state index contributed by atoms with van der Waals surface area (Å²) in [6.07, 6.45) is 3.49. The van der Waals surface area contributed by atoms with E-state index in [1.807, 2.05) is 55.5 Å². The number of hydrogen-bond acceptors (Lipinski definition) is 6. The number of rotatable bonds is 10. The Morgan fingerprint density at radius 1 is 1.18 bits per heavy atom. The second-order valence-electron chi connectivity index (χ2n) is 10.3. The van der Waals surface area contributed by atoms with E-state index in [2.05, 4.69) is 40.4 Å². The zero-order valence-corrected chi connectivity index (χ0v) is 23.9. The van der Waals surface area contributed by atoms with Gasteiger partial charge in [-0.25, -0.2) is 4.98 Å². The molecule has 2 amide bonds. The lowest BCUT2D eigenvalue weighted by Crippen LogP contribution is -2.29. The number of nitrogens with one attached hydrogen (secondary N) is 2. The van der Waals surface area contributed by atoms with Gasteiger partial charge >= 0.3 is 0 Å². The van der Waals surface area contributed by atoms with Crippen LogP contribution in [0.1, 0.15) is 61.4 Å². The van der Waals surface area contributed by atoms with Gasteiger partial charge in [0.05, 0.1) is 20.3 Å². The SMILES string of the molecule is CCOc1c(CNC(=O)C(C)=Cc2cnc3c(c2)CN(Cc2ccc(OC)cc2)CC(=O)N3)cccc1C(C)C. The average Bonchev–Trinajstić information content (AvgIpc) is 3.09. The third-order valence-corrected chi connectivity index (χ3v) is 6.79. The van der Waals surface area contributed by atoms with Crippen LogP contribution in [0.5, 0.6) is 11.5 Å². The van der Waals surface area contributed by atoms with Crippen LogP contribution >= 0.6 is 0 Å². The molecular weight excluding hydrogens is 504 g/mol. The lowest BCUT2D eigenvalue weighted by Gasteiger charge is -2.19. The van der Waals surface area contributed by atoms with Crippen LogP contribution in [0.15, 0.2) is 60.3 Å². The summed E-state index contributed by atoms with van der Waals surface area (Å²) in [6.45, 7) is 10.4. The molecule has 0 saturated heterocycles. The van der Waals surface area contributed by atoms with Crippen molar-refractivity contribution in [1.82, 2.24) is 15.2 Å². The first-order valence-electron chi connectivity index (χ1n) is 13.6. The molecule has 40 heavy (non-hydrogen) atoms. The third kappa shape index (κ3) is 7.27. The van der Waals surface area contributed by atoms with Crippen LogP contribution < -0.4 is 20.1 Å². The highest BCUT2D eigenvalue weighted by atomic mass is 16.5. The number of aromatic nitrogens is 1. The number of carbonyl (C=O) groups excluding carboxylic acids is 2. The van der Waals surface area contributed by atoms with Gasteiger partial charge in [0.1, 0.15) is 17.3 Å². The fourth-order valence-corrected chi connectivity index (χ4v) is 4.76. The van der Waals surface area contributed by atoms with Gasteiger partial charge in [-0.3, -0.25) is 14.5 Å². The molecule has 1 aliphatic heterocycles. The molecule has 8 nitrogen and oxygen atoms in total. The summed E-state index contributed by atoms with van der Waals surface area (Å²) in [5.41, 5.74) is 5.42. The summed E-state index contributed by atoms with van der Waals surface area (Å²) in [4.78, 5) is 32.1. The smallest absolute Gasteiger partial charge is 0.247 e. The predicted molar refractivity (Wildman–Crippen MR) is 157 cm³/mol. The molecule has 1 aliphatic rings. The topological polar surface area (TPSA) is 92.8 Å². The van der Waals surface area contributed by atoms with Gasteiger partial charge in [0.2, 0.25) is 11.8 Å². The number of ether oxygens (including phenoxy) is 2. The van der Waals surface area contributed by atoms with Gasteiger partial charge in [-0.05, 0) is 60.7 Å². The van der Waals surface area contributed by atoms with Crippen molar-refractivity contribution in [1.29, 1.82) is 0 Å². The van der Waals surface area contributed by atoms with Crippen LogP contribution in [-0.2, 0) is 29.2 Å². The second-order valence-corrected chi connectivity index (χ2v) is 10.3. The molecule has 2 N–H and O–H groups in total. The third-order valence-electron chi connectivity index (χ3n) is 6.79. The first kappa shape index (κ1) is 28.8. The van der Waals surface area contributed by atoms with Crippen LogP contribution in [0.3, 0.4) is 0 Å². The van der Waals surface area contributed by atoms with E-state index in [0.717, 1.165) is 39.3 Å². The van der Waals surface area contributed by atoms with E-state index in [1.165, 1.54) is 0 Å². The number of benzene rings is 2. The fourth-order valence-electron chi connectivity index (χ4n) is 4.76. The number of anilines is 1. The van der Waals surface area contributed by atoms with Crippen molar-refractivity contribution < 1.29 is 19.1 Å². The lowest BCUT2D eigenvalue weighted by atomic mass is 9.99. The number of fused-ring (bicyclic) bond motifs is 1. The van der Waals surface area contributed by atoms with Gasteiger partial charge in [0.25, 0.3) is 0 Å². The van der Waals surface area contributed by atoms with E-state index < -0.39 is 0 Å². The molecule has 4 rings (SSSR count). The fraction of sp³-hybridized carbons (Fsp3) is 0.344. The molecule has 210 valence electrons. The minimum Gasteiger partial charge on any atom is -0.497 e. The van der Waals surface area contributed by atoms with E-state index in [0.29, 0.717) is 43.6 Å². The molecule has 2 heterocycles. The van der Waals surface area contributed by atoms with E-state index in [9.17, 15) is 9.59 Å².